The van der Waals surface area contributed by atoms with Crippen molar-refractivity contribution >= 4 is 24.8 Å². The quantitative estimate of drug-likeness (QED) is 0.314. The van der Waals surface area contributed by atoms with Crippen molar-refractivity contribution in [1.29, 1.82) is 0 Å². The lowest BCUT2D eigenvalue weighted by Crippen LogP contribution is -2.34. The number of hydrogen-bond acceptors (Lipinski definition) is 2. The molecule has 4 heteroatoms. The fourth-order valence-electron chi connectivity index (χ4n) is 6.50. The van der Waals surface area contributed by atoms with Gasteiger partial charge in [-0.05, 0) is 45.2 Å². The van der Waals surface area contributed by atoms with Crippen LogP contribution in [0.25, 0.3) is 0 Å². The third-order valence-electron chi connectivity index (χ3n) is 8.93. The zero-order valence-electron chi connectivity index (χ0n) is 24.9. The van der Waals surface area contributed by atoms with E-state index in [1.54, 1.807) is 0 Å². The van der Waals surface area contributed by atoms with E-state index < -0.39 is 0 Å². The van der Waals surface area contributed by atoms with Crippen molar-refractivity contribution in [2.75, 3.05) is 13.1 Å². The van der Waals surface area contributed by atoms with Crippen LogP contribution >= 0.6 is 24.8 Å². The maximum Gasteiger partial charge on any atom is 0.00670 e. The zero-order chi connectivity index (χ0) is 24.5. The van der Waals surface area contributed by atoms with E-state index >= 15 is 0 Å². The molecule has 0 heterocycles. The molecule has 37 heavy (non-hydrogen) atoms. The minimum atomic E-state index is 0. The average Bonchev–Trinajstić information content (AvgIpc) is 2.88. The van der Waals surface area contributed by atoms with Gasteiger partial charge in [-0.15, -0.1) is 24.8 Å². The molecule has 0 amide bonds. The van der Waals surface area contributed by atoms with E-state index in [0.29, 0.717) is 0 Å². The van der Waals surface area contributed by atoms with Gasteiger partial charge in [0, 0.05) is 12.1 Å². The van der Waals surface area contributed by atoms with Gasteiger partial charge in [0.1, 0.15) is 0 Å². The van der Waals surface area contributed by atoms with Crippen LogP contribution in [-0.4, -0.2) is 25.2 Å². The van der Waals surface area contributed by atoms with Gasteiger partial charge in [0.05, 0.1) is 0 Å². The van der Waals surface area contributed by atoms with Crippen molar-refractivity contribution in [1.82, 2.24) is 10.6 Å². The van der Waals surface area contributed by atoms with Crippen LogP contribution in [0.3, 0.4) is 0 Å². The maximum absolute atomic E-state index is 3.99. The van der Waals surface area contributed by atoms with Gasteiger partial charge in [-0.25, -0.2) is 0 Å². The minimum absolute atomic E-state index is 0. The maximum atomic E-state index is 3.99. The first-order valence-corrected chi connectivity index (χ1v) is 16.9. The number of nitrogens with one attached hydrogen (secondary N) is 2. The molecule has 0 aromatic heterocycles. The molecule has 2 N–H and O–H groups in total. The fourth-order valence-corrected chi connectivity index (χ4v) is 6.50. The average molecular weight is 564 g/mol. The summed E-state index contributed by atoms with van der Waals surface area (Å²) in [4.78, 5) is 0. The molecule has 224 valence electrons. The topological polar surface area (TPSA) is 24.1 Å². The Kier molecular flexibility index (Phi) is 29.9. The van der Waals surface area contributed by atoms with Crippen LogP contribution in [0.4, 0.5) is 0 Å². The van der Waals surface area contributed by atoms with Crippen LogP contribution in [0.2, 0.25) is 0 Å². The molecule has 2 aliphatic rings. The van der Waals surface area contributed by atoms with Crippen LogP contribution in [0.1, 0.15) is 186 Å². The van der Waals surface area contributed by atoms with Crippen LogP contribution in [0.5, 0.6) is 0 Å². The van der Waals surface area contributed by atoms with Gasteiger partial charge in [0.25, 0.3) is 0 Å². The molecule has 0 radical (unpaired) electrons. The second kappa shape index (κ2) is 29.5. The molecule has 2 aliphatic carbocycles. The molecule has 0 aliphatic heterocycles. The Morgan fingerprint density at radius 3 is 0.703 bits per heavy atom. The summed E-state index contributed by atoms with van der Waals surface area (Å²) in [7, 11) is 0. The first-order valence-electron chi connectivity index (χ1n) is 16.9. The third kappa shape index (κ3) is 24.1. The Labute approximate surface area is 246 Å². The Morgan fingerprint density at radius 2 is 0.486 bits per heavy atom. The van der Waals surface area contributed by atoms with Crippen molar-refractivity contribution in [2.24, 2.45) is 0 Å². The Hall–Kier alpha value is 0.500. The van der Waals surface area contributed by atoms with Crippen LogP contribution in [-0.2, 0) is 0 Å². The normalized spacial score (nSPS) is 22.7. The fraction of sp³-hybridized carbons (Fsp3) is 1.00. The standard InChI is InChI=1S/C33H66N2.2ClH/c1-2-6-10-14-18-22-27-32(26-21-17-13-9-5-1)34-30-25-31-35-33-28-23-19-15-11-7-3-4-8-12-16-20-24-29-33;;/h32-35H,1-31H2;2*1H. The number of rotatable bonds is 6. The van der Waals surface area contributed by atoms with E-state index in [4.69, 9.17) is 0 Å². The van der Waals surface area contributed by atoms with Crippen molar-refractivity contribution in [3.63, 3.8) is 0 Å². The molecule has 2 nitrogen and oxygen atoms in total. The predicted octanol–water partition coefficient (Wildman–Crippen LogP) is 11.1. The molecule has 2 fully saturated rings. The number of hydrogen-bond donors (Lipinski definition) is 2. The first-order chi connectivity index (χ1) is 17.4. The lowest BCUT2D eigenvalue weighted by atomic mass is 10.00. The lowest BCUT2D eigenvalue weighted by Gasteiger charge is -2.21. The van der Waals surface area contributed by atoms with Crippen molar-refractivity contribution in [2.45, 2.75) is 198 Å². The molecule has 2 saturated carbocycles. The van der Waals surface area contributed by atoms with E-state index in [9.17, 15) is 0 Å². The summed E-state index contributed by atoms with van der Waals surface area (Å²) in [6, 6.07) is 1.55. The Balaban J connectivity index is 0.00000648. The second-order valence-electron chi connectivity index (χ2n) is 12.3. The smallest absolute Gasteiger partial charge is 0.00670 e. The Morgan fingerprint density at radius 1 is 0.297 bits per heavy atom. The molecule has 0 aromatic rings. The summed E-state index contributed by atoms with van der Waals surface area (Å²) in [5.74, 6) is 0. The SMILES string of the molecule is C1CCCCCCCC(NCCCNC2CCCCCCCCCCCCCC2)CCCCCC1.Cl.Cl. The molecular weight excluding hydrogens is 495 g/mol. The van der Waals surface area contributed by atoms with E-state index in [-0.39, 0.29) is 24.8 Å². The van der Waals surface area contributed by atoms with Crippen LogP contribution in [0.15, 0.2) is 0 Å². The van der Waals surface area contributed by atoms with Gasteiger partial charge in [-0.2, -0.15) is 0 Å². The van der Waals surface area contributed by atoms with Crippen molar-refractivity contribution < 1.29 is 0 Å². The highest BCUT2D eigenvalue weighted by atomic mass is 35.5. The lowest BCUT2D eigenvalue weighted by molar-refractivity contribution is 0.389. The van der Waals surface area contributed by atoms with E-state index in [0.717, 1.165) is 12.1 Å². The molecule has 0 bridgehead atoms. The van der Waals surface area contributed by atoms with Gasteiger partial charge < -0.3 is 10.6 Å². The van der Waals surface area contributed by atoms with E-state index in [2.05, 4.69) is 10.6 Å². The zero-order valence-corrected chi connectivity index (χ0v) is 26.5. The summed E-state index contributed by atoms with van der Waals surface area (Å²) in [5.41, 5.74) is 0. The highest BCUT2D eigenvalue weighted by molar-refractivity contribution is 5.85. The first kappa shape index (κ1) is 37.5. The van der Waals surface area contributed by atoms with Gasteiger partial charge in [-0.1, -0.05) is 154 Å². The van der Waals surface area contributed by atoms with Gasteiger partial charge >= 0.3 is 0 Å². The molecule has 2 rings (SSSR count). The molecule has 0 aromatic carbocycles. The Bertz CT molecular complexity index is 365. The molecule has 0 spiro atoms. The summed E-state index contributed by atoms with van der Waals surface area (Å²) >= 11 is 0. The molecule has 0 atom stereocenters. The van der Waals surface area contributed by atoms with Gasteiger partial charge in [0.2, 0.25) is 0 Å². The monoisotopic (exact) mass is 562 g/mol. The van der Waals surface area contributed by atoms with Crippen LogP contribution < -0.4 is 10.6 Å². The summed E-state index contributed by atoms with van der Waals surface area (Å²) in [5, 5.41) is 7.97. The highest BCUT2D eigenvalue weighted by Gasteiger charge is 2.10. The summed E-state index contributed by atoms with van der Waals surface area (Å²) in [6.07, 6.45) is 42.2. The highest BCUT2D eigenvalue weighted by Crippen LogP contribution is 2.18. The largest absolute Gasteiger partial charge is 0.314 e. The molecular formula is C33H68Cl2N2. The van der Waals surface area contributed by atoms with Crippen molar-refractivity contribution in [3.05, 3.63) is 0 Å². The number of halogens is 2. The van der Waals surface area contributed by atoms with Crippen LogP contribution in [0, 0.1) is 0 Å². The second-order valence-corrected chi connectivity index (χ2v) is 12.3. The van der Waals surface area contributed by atoms with Gasteiger partial charge in [-0.3, -0.25) is 0 Å². The van der Waals surface area contributed by atoms with E-state index in [1.165, 1.54) is 199 Å². The minimum Gasteiger partial charge on any atom is -0.314 e. The van der Waals surface area contributed by atoms with E-state index in [1.807, 2.05) is 0 Å². The molecule has 0 unspecified atom stereocenters. The third-order valence-corrected chi connectivity index (χ3v) is 8.93. The van der Waals surface area contributed by atoms with Crippen molar-refractivity contribution in [3.8, 4) is 0 Å². The summed E-state index contributed by atoms with van der Waals surface area (Å²) < 4.78 is 0. The predicted molar refractivity (Wildman–Crippen MR) is 172 cm³/mol. The summed E-state index contributed by atoms with van der Waals surface area (Å²) in [6.45, 7) is 2.43. The molecule has 0 saturated heterocycles. The van der Waals surface area contributed by atoms with Gasteiger partial charge in [0.15, 0.2) is 0 Å².